The molecule has 24 nitrogen and oxygen atoms in total. The van der Waals surface area contributed by atoms with E-state index in [1.54, 1.807) is 52.7 Å². The van der Waals surface area contributed by atoms with Crippen molar-refractivity contribution in [1.29, 1.82) is 0 Å². The highest BCUT2D eigenvalue weighted by Crippen LogP contribution is 2.41. The third-order valence-electron chi connectivity index (χ3n) is 16.2. The number of aryl methyl sites for hydroxylation is 1. The van der Waals surface area contributed by atoms with Gasteiger partial charge in [-0.1, -0.05) is 50.0 Å². The Kier molecular flexibility index (Phi) is 37.5. The van der Waals surface area contributed by atoms with Crippen molar-refractivity contribution in [1.82, 2.24) is 39.9 Å². The monoisotopic (exact) mass is 1720 g/mol. The normalized spacial score (nSPS) is 11.4. The Morgan fingerprint density at radius 3 is 1.38 bits per heavy atom. The molecule has 0 radical (unpaired) electrons. The van der Waals surface area contributed by atoms with Gasteiger partial charge in [0.25, 0.3) is 5.56 Å². The van der Waals surface area contributed by atoms with E-state index >= 15 is 0 Å². The van der Waals surface area contributed by atoms with Gasteiger partial charge in [-0.05, 0) is 223 Å². The lowest BCUT2D eigenvalue weighted by Gasteiger charge is -2.16. The first-order valence-corrected chi connectivity index (χ1v) is 40.9. The van der Waals surface area contributed by atoms with Gasteiger partial charge in [0.2, 0.25) is 35.3 Å². The Morgan fingerprint density at radius 2 is 0.907 bits per heavy atom. The van der Waals surface area contributed by atoms with E-state index in [2.05, 4.69) is 86.8 Å². The van der Waals surface area contributed by atoms with Crippen molar-refractivity contribution >= 4 is 111 Å². The SMILES string of the molecule is CC(C)C.CCOc1cc(OC(C)C)c2ccc(OC)c(Br)c2n1.CCOc1cc(OC(C)C)c2ccc(OC)c(C)c2n1.CCOc1cc(OC(C)C)c2ccc(OC)c(Cl)c2n1.CCOc1cc(OC(C)C)c2cccc(Cl)c2n1.COc1ccc2c(OC(C)C)ncnc2c1.O=c1cc(Nc2ccc(F)cc2)nc(N2CCCC2)[nH]1. The van der Waals surface area contributed by atoms with E-state index in [1.165, 1.54) is 24.5 Å². The van der Waals surface area contributed by atoms with Gasteiger partial charge < -0.3 is 71.8 Å². The molecule has 1 fully saturated rings. The number of benzene rings is 6. The topological polar surface area (TPSA) is 258 Å². The maximum atomic E-state index is 12.9. The third-order valence-corrected chi connectivity index (χ3v) is 17.6. The average Bonchev–Trinajstić information content (AvgIpc) is 0.889. The van der Waals surface area contributed by atoms with Crippen molar-refractivity contribution in [3.63, 3.8) is 0 Å². The third kappa shape index (κ3) is 27.9. The summed E-state index contributed by atoms with van der Waals surface area (Å²) in [6, 6.07) is 37.3. The van der Waals surface area contributed by atoms with Crippen molar-refractivity contribution < 1.29 is 66.0 Å². The van der Waals surface area contributed by atoms with Crippen molar-refractivity contribution in [3.05, 3.63) is 170 Å². The molecule has 634 valence electrons. The van der Waals surface area contributed by atoms with E-state index in [0.717, 1.165) is 120 Å². The summed E-state index contributed by atoms with van der Waals surface area (Å²) < 4.78 is 85.6. The van der Waals surface area contributed by atoms with Crippen LogP contribution in [0.2, 0.25) is 10.0 Å². The van der Waals surface area contributed by atoms with Crippen LogP contribution in [0, 0.1) is 18.7 Å². The molecular formula is C90H112BrCl2FN10O14. The van der Waals surface area contributed by atoms with Gasteiger partial charge in [-0.15, -0.1) is 0 Å². The molecule has 12 aromatic rings. The van der Waals surface area contributed by atoms with Gasteiger partial charge in [-0.3, -0.25) is 9.78 Å². The molecule has 0 amide bonds. The molecule has 118 heavy (non-hydrogen) atoms. The van der Waals surface area contributed by atoms with E-state index in [9.17, 15) is 9.18 Å². The van der Waals surface area contributed by atoms with Crippen LogP contribution in [0.1, 0.15) is 136 Å². The first-order valence-electron chi connectivity index (χ1n) is 39.4. The lowest BCUT2D eigenvalue weighted by Crippen LogP contribution is -2.24. The molecule has 28 heteroatoms. The summed E-state index contributed by atoms with van der Waals surface area (Å²) in [5, 5.41) is 8.61. The van der Waals surface area contributed by atoms with Gasteiger partial charge >= 0.3 is 0 Å². The van der Waals surface area contributed by atoms with Crippen LogP contribution in [0.15, 0.2) is 143 Å². The zero-order valence-corrected chi connectivity index (χ0v) is 74.7. The number of aromatic nitrogens is 8. The molecule has 13 rings (SSSR count). The lowest BCUT2D eigenvalue weighted by atomic mass is 10.1. The highest BCUT2D eigenvalue weighted by molar-refractivity contribution is 9.10. The number of anilines is 3. The number of H-pyrrole nitrogens is 1. The predicted molar refractivity (Wildman–Crippen MR) is 475 cm³/mol. The molecule has 2 N–H and O–H groups in total. The molecule has 7 heterocycles. The second-order valence-electron chi connectivity index (χ2n) is 28.4. The van der Waals surface area contributed by atoms with Crippen molar-refractivity contribution in [3.8, 4) is 75.4 Å². The molecule has 6 aromatic heterocycles. The number of hydrogen-bond acceptors (Lipinski definition) is 23. The van der Waals surface area contributed by atoms with E-state index in [-0.39, 0.29) is 41.9 Å². The minimum atomic E-state index is -0.299. The van der Waals surface area contributed by atoms with Crippen LogP contribution in [-0.2, 0) is 0 Å². The van der Waals surface area contributed by atoms with Crippen LogP contribution in [0.5, 0.6) is 75.4 Å². The second kappa shape index (κ2) is 46.9. The first-order chi connectivity index (χ1) is 56.4. The summed E-state index contributed by atoms with van der Waals surface area (Å²) in [6.07, 6.45) is 4.13. The number of ether oxygens (including phenoxy) is 13. The van der Waals surface area contributed by atoms with Gasteiger partial charge in [0.05, 0.1) is 122 Å². The van der Waals surface area contributed by atoms with Crippen molar-refractivity contribution in [2.75, 3.05) is 78.2 Å². The number of methoxy groups -OCH3 is 4. The molecule has 1 aliphatic heterocycles. The molecular weight excluding hydrogens is 1610 g/mol. The highest BCUT2D eigenvalue weighted by Gasteiger charge is 2.21. The molecule has 0 saturated carbocycles. The quantitative estimate of drug-likeness (QED) is 0.0539. The molecule has 0 aliphatic carbocycles. The second-order valence-corrected chi connectivity index (χ2v) is 29.9. The minimum absolute atomic E-state index is 0.0518. The van der Waals surface area contributed by atoms with E-state index in [0.29, 0.717) is 106 Å². The number of nitrogens with one attached hydrogen (secondary N) is 2. The standard InChI is InChI=1S/C16H21NO3.C15H18BrNO3.C15H18ClNO3.C14H16ClNO2.C14H15FN4O.C12H14N2O2.C4H10/c1-6-19-15-9-14(20-10(2)3)12-7-8-13(18-5)11(4)16(12)17-15;2*1-5-19-13-8-12(20-9(2)3)10-6-7-11(18-4)14(16)15(10)17-13;1-4-17-13-8-12(18-9(2)3)10-6-5-7-11(15)14(10)16-13;15-10-3-5-11(6-4-10)16-12-9-13(20)18-14(17-12)19-7-1-2-8-19;1-8(2)16-12-10-5-4-9(15-3)6-11(10)13-7-14-12;1-4(2)3/h7-10H,6H2,1-5H3;2*6-9H,5H2,1-4H3;5-9H,4H2,1-3H3;3-6,9H,1-2,7-8H2,(H2,16,17,18,20);4-8H,1-3H3;4H,1-3H3. The first kappa shape index (κ1) is 94.3. The Labute approximate surface area is 710 Å². The summed E-state index contributed by atoms with van der Waals surface area (Å²) >= 11 is 16.0. The van der Waals surface area contributed by atoms with Crippen molar-refractivity contribution in [2.24, 2.45) is 5.92 Å². The summed E-state index contributed by atoms with van der Waals surface area (Å²) in [5.41, 5.74) is 5.25. The maximum Gasteiger partial charge on any atom is 0.254 e. The van der Waals surface area contributed by atoms with Gasteiger partial charge in [-0.2, -0.15) is 4.98 Å². The molecule has 0 unspecified atom stereocenters. The summed E-state index contributed by atoms with van der Waals surface area (Å²) in [6.45, 7) is 40.0. The smallest absolute Gasteiger partial charge is 0.254 e. The number of nitrogens with zero attached hydrogens (tertiary/aromatic N) is 8. The number of aromatic amines is 1. The zero-order chi connectivity index (χ0) is 86.3. The van der Waals surface area contributed by atoms with Crippen LogP contribution in [0.3, 0.4) is 0 Å². The Bertz CT molecular complexity index is 4990. The van der Waals surface area contributed by atoms with Gasteiger partial charge in [0.15, 0.2) is 0 Å². The number of fused-ring (bicyclic) bond motifs is 5. The highest BCUT2D eigenvalue weighted by atomic mass is 79.9. The molecule has 1 aliphatic rings. The Balaban J connectivity index is 0.000000194. The number of halogens is 4. The molecule has 0 bridgehead atoms. The number of para-hydroxylation sites is 1. The zero-order valence-electron chi connectivity index (χ0n) is 71.6. The molecule has 1 saturated heterocycles. The number of pyridine rings is 4. The Hall–Kier alpha value is -10.8. The van der Waals surface area contributed by atoms with Crippen LogP contribution in [0.25, 0.3) is 54.5 Å². The van der Waals surface area contributed by atoms with E-state index < -0.39 is 0 Å². The van der Waals surface area contributed by atoms with Gasteiger partial charge in [-0.25, -0.2) is 34.3 Å². The predicted octanol–water partition coefficient (Wildman–Crippen LogP) is 22.4. The summed E-state index contributed by atoms with van der Waals surface area (Å²) in [5.74, 6) is 10.3. The lowest BCUT2D eigenvalue weighted by molar-refractivity contribution is 0.235. The number of hydrogen-bond donors (Lipinski definition) is 2. The Morgan fingerprint density at radius 1 is 0.475 bits per heavy atom. The fourth-order valence-electron chi connectivity index (χ4n) is 11.4. The van der Waals surface area contributed by atoms with Gasteiger partial charge in [0.1, 0.15) is 74.5 Å². The largest absolute Gasteiger partial charge is 0.497 e. The molecule has 0 spiro atoms. The van der Waals surface area contributed by atoms with Crippen LogP contribution < -0.4 is 77.4 Å². The molecule has 0 atom stereocenters. The fourth-order valence-corrected chi connectivity index (χ4v) is 12.5. The fraction of sp³-hybridized carbons (Fsp3) is 0.400. The van der Waals surface area contributed by atoms with Crippen LogP contribution in [-0.4, -0.2) is 138 Å². The summed E-state index contributed by atoms with van der Waals surface area (Å²) in [4.78, 5) is 47.1. The minimum Gasteiger partial charge on any atom is -0.497 e. The maximum absolute atomic E-state index is 12.9. The average molecular weight is 1730 g/mol. The molecule has 6 aromatic carbocycles. The van der Waals surface area contributed by atoms with Crippen molar-refractivity contribution in [2.45, 2.75) is 168 Å². The number of rotatable bonds is 25. The van der Waals surface area contributed by atoms with Crippen LogP contribution in [0.4, 0.5) is 21.8 Å². The van der Waals surface area contributed by atoms with Gasteiger partial charge in [0, 0.05) is 82.3 Å². The van der Waals surface area contributed by atoms with Crippen LogP contribution >= 0.6 is 39.1 Å². The van der Waals surface area contributed by atoms with E-state index in [4.69, 9.17) is 84.8 Å². The van der Waals surface area contributed by atoms with E-state index in [1.807, 2.05) is 189 Å². The summed E-state index contributed by atoms with van der Waals surface area (Å²) in [7, 11) is 6.49.